The van der Waals surface area contributed by atoms with Crippen LogP contribution < -0.4 is 20.9 Å². The number of nitrogens with one attached hydrogen (secondary N) is 1. The fourth-order valence-corrected chi connectivity index (χ4v) is 1.71. The Balaban J connectivity index is 2.27. The van der Waals surface area contributed by atoms with Crippen LogP contribution in [0.3, 0.4) is 0 Å². The third-order valence-corrected chi connectivity index (χ3v) is 2.78. The number of rotatable bonds is 4. The van der Waals surface area contributed by atoms with Crippen molar-refractivity contribution in [3.63, 3.8) is 0 Å². The van der Waals surface area contributed by atoms with Crippen LogP contribution in [0, 0.1) is 0 Å². The van der Waals surface area contributed by atoms with E-state index in [0.717, 1.165) is 0 Å². The molecule has 0 aliphatic rings. The summed E-state index contributed by atoms with van der Waals surface area (Å²) in [5, 5.41) is 7.60. The molecule has 0 aliphatic heterocycles. The smallest absolute Gasteiger partial charge is 0.278 e. The summed E-state index contributed by atoms with van der Waals surface area (Å²) in [4.78, 5) is 13.8. The molecule has 0 radical (unpaired) electrons. The number of nitrogens with two attached hydrogens (primary N) is 1. The minimum atomic E-state index is -0.287. The lowest BCUT2D eigenvalue weighted by Crippen LogP contribution is -2.27. The molecule has 0 aliphatic carbocycles. The molecule has 20 heavy (non-hydrogen) atoms. The summed E-state index contributed by atoms with van der Waals surface area (Å²) < 4.78 is 5.23. The first-order valence-electron chi connectivity index (χ1n) is 5.88. The standard InChI is InChI=1S/C13H15N5O2/c1-18(10-5-3-4-6-11(10)20-2)13(19)9-7-8-12(15-14)17-16-9/h3-8H,14H2,1-2H3,(H,15,17). The minimum absolute atomic E-state index is 0.220. The van der Waals surface area contributed by atoms with E-state index in [1.807, 2.05) is 12.1 Å². The zero-order valence-electron chi connectivity index (χ0n) is 11.2. The lowest BCUT2D eigenvalue weighted by molar-refractivity contribution is 0.0986. The van der Waals surface area contributed by atoms with Gasteiger partial charge in [0.05, 0.1) is 12.8 Å². The van der Waals surface area contributed by atoms with Gasteiger partial charge in [0.25, 0.3) is 5.91 Å². The van der Waals surface area contributed by atoms with Crippen LogP contribution in [-0.2, 0) is 0 Å². The van der Waals surface area contributed by atoms with Crippen molar-refractivity contribution in [1.82, 2.24) is 10.2 Å². The van der Waals surface area contributed by atoms with Gasteiger partial charge in [-0.05, 0) is 24.3 Å². The summed E-state index contributed by atoms with van der Waals surface area (Å²) >= 11 is 0. The van der Waals surface area contributed by atoms with Crippen LogP contribution in [0.5, 0.6) is 5.75 Å². The zero-order valence-corrected chi connectivity index (χ0v) is 11.2. The largest absolute Gasteiger partial charge is 0.495 e. The van der Waals surface area contributed by atoms with Gasteiger partial charge in [0.2, 0.25) is 0 Å². The number of anilines is 2. The summed E-state index contributed by atoms with van der Waals surface area (Å²) in [6.07, 6.45) is 0. The number of methoxy groups -OCH3 is 1. The minimum Gasteiger partial charge on any atom is -0.495 e. The second kappa shape index (κ2) is 5.98. The Morgan fingerprint density at radius 1 is 1.25 bits per heavy atom. The highest BCUT2D eigenvalue weighted by Crippen LogP contribution is 2.27. The number of ether oxygens (including phenoxy) is 1. The summed E-state index contributed by atoms with van der Waals surface area (Å²) in [6.45, 7) is 0. The number of hydrogen-bond acceptors (Lipinski definition) is 6. The molecule has 0 bridgehead atoms. The van der Waals surface area contributed by atoms with Crippen molar-refractivity contribution in [2.45, 2.75) is 0 Å². The monoisotopic (exact) mass is 273 g/mol. The van der Waals surface area contributed by atoms with Crippen molar-refractivity contribution in [1.29, 1.82) is 0 Å². The van der Waals surface area contributed by atoms with E-state index in [-0.39, 0.29) is 11.6 Å². The molecule has 1 aromatic heterocycles. The Kier molecular flexibility index (Phi) is 4.11. The van der Waals surface area contributed by atoms with Gasteiger partial charge in [0, 0.05) is 7.05 Å². The lowest BCUT2D eigenvalue weighted by Gasteiger charge is -2.19. The molecule has 0 spiro atoms. The van der Waals surface area contributed by atoms with E-state index in [2.05, 4.69) is 15.6 Å². The average Bonchev–Trinajstić information content (AvgIpc) is 2.53. The number of nitrogen functional groups attached to an aromatic ring is 1. The molecule has 104 valence electrons. The van der Waals surface area contributed by atoms with Crippen molar-refractivity contribution in [3.05, 3.63) is 42.1 Å². The molecule has 0 unspecified atom stereocenters. The highest BCUT2D eigenvalue weighted by Gasteiger charge is 2.18. The van der Waals surface area contributed by atoms with E-state index in [1.165, 1.54) is 4.90 Å². The molecular weight excluding hydrogens is 258 g/mol. The molecule has 3 N–H and O–H groups in total. The number of amides is 1. The molecule has 0 saturated carbocycles. The normalized spacial score (nSPS) is 9.95. The first-order valence-corrected chi connectivity index (χ1v) is 5.88. The molecule has 2 rings (SSSR count). The summed E-state index contributed by atoms with van der Waals surface area (Å²) in [5.74, 6) is 5.91. The van der Waals surface area contributed by atoms with Crippen molar-refractivity contribution in [2.75, 3.05) is 24.5 Å². The van der Waals surface area contributed by atoms with Gasteiger partial charge >= 0.3 is 0 Å². The SMILES string of the molecule is COc1ccccc1N(C)C(=O)c1ccc(NN)nn1. The maximum Gasteiger partial charge on any atom is 0.278 e. The van der Waals surface area contributed by atoms with E-state index < -0.39 is 0 Å². The third kappa shape index (κ3) is 2.67. The van der Waals surface area contributed by atoms with Crippen LogP contribution in [0.1, 0.15) is 10.5 Å². The van der Waals surface area contributed by atoms with Crippen molar-refractivity contribution in [2.24, 2.45) is 5.84 Å². The van der Waals surface area contributed by atoms with E-state index >= 15 is 0 Å². The van der Waals surface area contributed by atoms with Crippen LogP contribution in [0.2, 0.25) is 0 Å². The van der Waals surface area contributed by atoms with Crippen LogP contribution >= 0.6 is 0 Å². The second-order valence-corrected chi connectivity index (χ2v) is 3.98. The highest BCUT2D eigenvalue weighted by atomic mass is 16.5. The molecule has 0 saturated heterocycles. The third-order valence-electron chi connectivity index (χ3n) is 2.78. The van der Waals surface area contributed by atoms with Gasteiger partial charge in [-0.15, -0.1) is 10.2 Å². The maximum atomic E-state index is 12.3. The van der Waals surface area contributed by atoms with Crippen molar-refractivity contribution >= 4 is 17.4 Å². The predicted molar refractivity (Wildman–Crippen MR) is 75.6 cm³/mol. The number of benzene rings is 1. The molecule has 2 aromatic rings. The number of carbonyl (C=O) groups is 1. The molecule has 0 atom stereocenters. The Morgan fingerprint density at radius 3 is 2.60 bits per heavy atom. The van der Waals surface area contributed by atoms with Gasteiger partial charge < -0.3 is 15.1 Å². The molecular formula is C13H15N5O2. The van der Waals surface area contributed by atoms with Crippen LogP contribution in [0.4, 0.5) is 11.5 Å². The van der Waals surface area contributed by atoms with Crippen LogP contribution in [0.15, 0.2) is 36.4 Å². The van der Waals surface area contributed by atoms with Gasteiger partial charge in [-0.2, -0.15) is 0 Å². The number of para-hydroxylation sites is 2. The van der Waals surface area contributed by atoms with E-state index in [0.29, 0.717) is 17.3 Å². The van der Waals surface area contributed by atoms with Crippen LogP contribution in [0.25, 0.3) is 0 Å². The molecule has 0 fully saturated rings. The van der Waals surface area contributed by atoms with Gasteiger partial charge in [0.1, 0.15) is 5.75 Å². The van der Waals surface area contributed by atoms with Crippen molar-refractivity contribution < 1.29 is 9.53 Å². The molecule has 1 heterocycles. The Morgan fingerprint density at radius 2 is 2.00 bits per heavy atom. The molecule has 7 heteroatoms. The lowest BCUT2D eigenvalue weighted by atomic mass is 10.2. The van der Waals surface area contributed by atoms with Gasteiger partial charge in [-0.3, -0.25) is 4.79 Å². The first-order chi connectivity index (χ1) is 9.67. The number of aromatic nitrogens is 2. The maximum absolute atomic E-state index is 12.3. The quantitative estimate of drug-likeness (QED) is 0.639. The Labute approximate surface area is 116 Å². The predicted octanol–water partition coefficient (Wildman–Crippen LogP) is 1.05. The van der Waals surface area contributed by atoms with Gasteiger partial charge in [-0.25, -0.2) is 5.84 Å². The van der Waals surface area contributed by atoms with E-state index in [4.69, 9.17) is 10.6 Å². The highest BCUT2D eigenvalue weighted by molar-refractivity contribution is 6.05. The van der Waals surface area contributed by atoms with Crippen LogP contribution in [-0.4, -0.2) is 30.3 Å². The number of nitrogens with zero attached hydrogens (tertiary/aromatic N) is 3. The average molecular weight is 273 g/mol. The molecule has 1 aromatic carbocycles. The summed E-state index contributed by atoms with van der Waals surface area (Å²) in [5.41, 5.74) is 3.23. The fraction of sp³-hybridized carbons (Fsp3) is 0.154. The van der Waals surface area contributed by atoms with E-state index in [1.54, 1.807) is 38.4 Å². The number of carbonyl (C=O) groups excluding carboxylic acids is 1. The fourth-order valence-electron chi connectivity index (χ4n) is 1.71. The van der Waals surface area contributed by atoms with E-state index in [9.17, 15) is 4.79 Å². The number of hydrogen-bond donors (Lipinski definition) is 2. The summed E-state index contributed by atoms with van der Waals surface area (Å²) in [7, 11) is 3.20. The topological polar surface area (TPSA) is 93.4 Å². The Bertz CT molecular complexity index is 600. The molecule has 1 amide bonds. The Hall–Kier alpha value is -2.67. The zero-order chi connectivity index (χ0) is 14.5. The molecule has 7 nitrogen and oxygen atoms in total. The second-order valence-electron chi connectivity index (χ2n) is 3.98. The number of hydrazine groups is 1. The van der Waals surface area contributed by atoms with Gasteiger partial charge in [-0.1, -0.05) is 12.1 Å². The van der Waals surface area contributed by atoms with Gasteiger partial charge in [0.15, 0.2) is 11.5 Å². The van der Waals surface area contributed by atoms with Crippen molar-refractivity contribution in [3.8, 4) is 5.75 Å². The summed E-state index contributed by atoms with van der Waals surface area (Å²) in [6, 6.07) is 10.4. The first kappa shape index (κ1) is 13.8.